The predicted molar refractivity (Wildman–Crippen MR) is 130 cm³/mol. The fraction of sp³-hybridized carbons (Fsp3) is 0.208. The highest BCUT2D eigenvalue weighted by molar-refractivity contribution is 7.99. The second-order valence-electron chi connectivity index (χ2n) is 7.52. The molecular formula is C24H23ClN4O2S. The molecule has 1 aliphatic rings. The van der Waals surface area contributed by atoms with Gasteiger partial charge in [0.05, 0.1) is 5.69 Å². The Balaban J connectivity index is 1.46. The minimum Gasteiger partial charge on any atom is -0.348 e. The van der Waals surface area contributed by atoms with Crippen molar-refractivity contribution < 1.29 is 9.59 Å². The second kappa shape index (κ2) is 9.63. The first-order chi connectivity index (χ1) is 15.4. The maximum atomic E-state index is 13.1. The normalized spacial score (nSPS) is 12.8. The number of hydrogen-bond donors (Lipinski definition) is 2. The van der Waals surface area contributed by atoms with Gasteiger partial charge in [-0.05, 0) is 55.3 Å². The first kappa shape index (κ1) is 22.2. The number of amides is 3. The largest absolute Gasteiger partial charge is 0.348 e. The molecule has 3 aromatic rings. The number of nitrogens with one attached hydrogen (secondary N) is 2. The minimum absolute atomic E-state index is 0.240. The lowest BCUT2D eigenvalue weighted by Gasteiger charge is -2.30. The van der Waals surface area contributed by atoms with Crippen molar-refractivity contribution in [2.75, 3.05) is 22.5 Å². The summed E-state index contributed by atoms with van der Waals surface area (Å²) in [5.41, 5.74) is 4.65. The fourth-order valence-corrected chi connectivity index (χ4v) is 4.91. The van der Waals surface area contributed by atoms with Crippen LogP contribution in [0.2, 0.25) is 5.02 Å². The van der Waals surface area contributed by atoms with E-state index in [1.807, 2.05) is 38.1 Å². The molecular weight excluding hydrogens is 444 g/mol. The average molecular weight is 467 g/mol. The molecule has 0 saturated carbocycles. The Bertz CT molecular complexity index is 1180. The monoisotopic (exact) mass is 466 g/mol. The SMILES string of the molecule is Cc1cc(C)c2c(n1)SCCN2C(=O)Nc1cccc(C(=O)NCc2ccccc2Cl)c1. The van der Waals surface area contributed by atoms with Crippen LogP contribution in [0.15, 0.2) is 59.6 Å². The highest BCUT2D eigenvalue weighted by Crippen LogP contribution is 2.36. The zero-order valence-corrected chi connectivity index (χ0v) is 19.4. The number of hydrogen-bond acceptors (Lipinski definition) is 4. The van der Waals surface area contributed by atoms with E-state index in [0.29, 0.717) is 29.4 Å². The van der Waals surface area contributed by atoms with Gasteiger partial charge >= 0.3 is 6.03 Å². The molecule has 0 radical (unpaired) electrons. The van der Waals surface area contributed by atoms with Crippen LogP contribution >= 0.6 is 23.4 Å². The number of carbonyl (C=O) groups is 2. The van der Waals surface area contributed by atoms with Crippen LogP contribution in [0.1, 0.15) is 27.2 Å². The summed E-state index contributed by atoms with van der Waals surface area (Å²) < 4.78 is 0. The van der Waals surface area contributed by atoms with E-state index >= 15 is 0 Å². The molecule has 0 saturated heterocycles. The lowest BCUT2D eigenvalue weighted by Crippen LogP contribution is -2.39. The number of anilines is 2. The van der Waals surface area contributed by atoms with E-state index in [1.54, 1.807) is 47.0 Å². The van der Waals surface area contributed by atoms with Gasteiger partial charge in [-0.25, -0.2) is 9.78 Å². The highest BCUT2D eigenvalue weighted by atomic mass is 35.5. The molecule has 2 N–H and O–H groups in total. The summed E-state index contributed by atoms with van der Waals surface area (Å²) in [4.78, 5) is 32.0. The van der Waals surface area contributed by atoms with Gasteiger partial charge in [-0.3, -0.25) is 9.69 Å². The van der Waals surface area contributed by atoms with Crippen LogP contribution in [0, 0.1) is 13.8 Å². The number of pyridine rings is 1. The van der Waals surface area contributed by atoms with Crippen LogP contribution < -0.4 is 15.5 Å². The maximum Gasteiger partial charge on any atom is 0.326 e. The molecule has 32 heavy (non-hydrogen) atoms. The van der Waals surface area contributed by atoms with Gasteiger partial charge in [0.25, 0.3) is 5.91 Å². The Labute approximate surface area is 196 Å². The molecule has 0 bridgehead atoms. The van der Waals surface area contributed by atoms with Crippen LogP contribution in [0.25, 0.3) is 0 Å². The summed E-state index contributed by atoms with van der Waals surface area (Å²) in [6.07, 6.45) is 0. The van der Waals surface area contributed by atoms with Crippen molar-refractivity contribution in [3.8, 4) is 0 Å². The number of nitrogens with zero attached hydrogens (tertiary/aromatic N) is 2. The van der Waals surface area contributed by atoms with Crippen LogP contribution in [0.3, 0.4) is 0 Å². The Kier molecular flexibility index (Phi) is 6.67. The van der Waals surface area contributed by atoms with E-state index in [4.69, 9.17) is 11.6 Å². The number of aryl methyl sites for hydroxylation is 2. The molecule has 3 amide bonds. The molecule has 0 aliphatic carbocycles. The lowest BCUT2D eigenvalue weighted by molar-refractivity contribution is 0.0951. The van der Waals surface area contributed by atoms with Gasteiger partial charge < -0.3 is 10.6 Å². The minimum atomic E-state index is -0.242. The average Bonchev–Trinajstić information content (AvgIpc) is 2.78. The standard InChI is InChI=1S/C24H23ClN4O2S/c1-15-12-16(2)27-23-21(15)29(10-11-32-23)24(31)28-19-8-5-7-17(13-19)22(30)26-14-18-6-3-4-9-20(18)25/h3-9,12-13H,10-11,14H2,1-2H3,(H,26,30)(H,28,31). The molecule has 0 unspecified atom stereocenters. The molecule has 0 fully saturated rings. The number of thioether (sulfide) groups is 1. The summed E-state index contributed by atoms with van der Waals surface area (Å²) >= 11 is 7.82. The molecule has 0 atom stereocenters. The quantitative estimate of drug-likeness (QED) is 0.538. The number of carbonyl (C=O) groups excluding carboxylic acids is 2. The van der Waals surface area contributed by atoms with Crippen LogP contribution in [0.4, 0.5) is 16.2 Å². The summed E-state index contributed by atoms with van der Waals surface area (Å²) in [7, 11) is 0. The molecule has 1 aliphatic heterocycles. The van der Waals surface area contributed by atoms with Gasteiger partial charge in [-0.1, -0.05) is 35.9 Å². The number of rotatable bonds is 4. The van der Waals surface area contributed by atoms with Crippen molar-refractivity contribution in [3.63, 3.8) is 0 Å². The maximum absolute atomic E-state index is 13.1. The third kappa shape index (κ3) is 4.89. The number of aromatic nitrogens is 1. The van der Waals surface area contributed by atoms with Crippen molar-refractivity contribution >= 4 is 46.7 Å². The summed E-state index contributed by atoms with van der Waals surface area (Å²) in [6, 6.07) is 16.0. The van der Waals surface area contributed by atoms with Crippen molar-refractivity contribution in [2.45, 2.75) is 25.4 Å². The Morgan fingerprint density at radius 3 is 2.75 bits per heavy atom. The molecule has 8 heteroatoms. The zero-order chi connectivity index (χ0) is 22.7. The lowest BCUT2D eigenvalue weighted by atomic mass is 10.1. The second-order valence-corrected chi connectivity index (χ2v) is 9.01. The summed E-state index contributed by atoms with van der Waals surface area (Å²) in [6.45, 7) is 4.86. The van der Waals surface area contributed by atoms with Crippen LogP contribution in [-0.2, 0) is 6.54 Å². The smallest absolute Gasteiger partial charge is 0.326 e. The van der Waals surface area contributed by atoms with E-state index in [9.17, 15) is 9.59 Å². The third-order valence-corrected chi connectivity index (χ3v) is 6.43. The van der Waals surface area contributed by atoms with Crippen LogP contribution in [0.5, 0.6) is 0 Å². The number of halogens is 1. The van der Waals surface area contributed by atoms with Gasteiger partial charge in [-0.2, -0.15) is 0 Å². The molecule has 2 aromatic carbocycles. The van der Waals surface area contributed by atoms with Crippen molar-refractivity contribution in [1.29, 1.82) is 0 Å². The van der Waals surface area contributed by atoms with E-state index in [0.717, 1.165) is 33.3 Å². The Hall–Kier alpha value is -3.03. The third-order valence-electron chi connectivity index (χ3n) is 5.12. The van der Waals surface area contributed by atoms with Gasteiger partial charge in [0.2, 0.25) is 0 Å². The molecule has 0 spiro atoms. The van der Waals surface area contributed by atoms with Gasteiger partial charge in [-0.15, -0.1) is 11.8 Å². The number of benzene rings is 2. The Morgan fingerprint density at radius 1 is 1.12 bits per heavy atom. The van der Waals surface area contributed by atoms with E-state index in [1.165, 1.54) is 0 Å². The molecule has 2 heterocycles. The fourth-order valence-electron chi connectivity index (χ4n) is 3.62. The molecule has 164 valence electrons. The van der Waals surface area contributed by atoms with E-state index < -0.39 is 0 Å². The summed E-state index contributed by atoms with van der Waals surface area (Å²) in [5, 5.41) is 7.27. The van der Waals surface area contributed by atoms with Crippen molar-refractivity contribution in [1.82, 2.24) is 10.3 Å². The number of fused-ring (bicyclic) bond motifs is 1. The summed E-state index contributed by atoms with van der Waals surface area (Å²) in [5.74, 6) is 0.539. The molecule has 4 rings (SSSR count). The topological polar surface area (TPSA) is 74.3 Å². The predicted octanol–water partition coefficient (Wildman–Crippen LogP) is 5.43. The van der Waals surface area contributed by atoms with Crippen LogP contribution in [-0.4, -0.2) is 29.2 Å². The van der Waals surface area contributed by atoms with E-state index in [-0.39, 0.29) is 11.9 Å². The Morgan fingerprint density at radius 2 is 1.94 bits per heavy atom. The van der Waals surface area contributed by atoms with Gasteiger partial charge in [0.1, 0.15) is 5.03 Å². The van der Waals surface area contributed by atoms with Crippen molar-refractivity contribution in [2.24, 2.45) is 0 Å². The first-order valence-electron chi connectivity index (χ1n) is 10.2. The highest BCUT2D eigenvalue weighted by Gasteiger charge is 2.26. The van der Waals surface area contributed by atoms with E-state index in [2.05, 4.69) is 15.6 Å². The van der Waals surface area contributed by atoms with Gasteiger partial charge in [0.15, 0.2) is 0 Å². The molecule has 6 nitrogen and oxygen atoms in total. The first-order valence-corrected chi connectivity index (χ1v) is 11.6. The zero-order valence-electron chi connectivity index (χ0n) is 17.8. The number of urea groups is 1. The van der Waals surface area contributed by atoms with Gasteiger partial charge in [0, 0.05) is 40.8 Å². The van der Waals surface area contributed by atoms with Crippen molar-refractivity contribution in [3.05, 3.63) is 82.0 Å². The molecule has 1 aromatic heterocycles.